The number of carbonyl (C=O) groups is 1. The van der Waals surface area contributed by atoms with Crippen LogP contribution < -0.4 is 10.6 Å². The highest BCUT2D eigenvalue weighted by atomic mass is 16.5. The fraction of sp³-hybridized carbons (Fsp3) is 0.500. The van der Waals surface area contributed by atoms with Crippen molar-refractivity contribution in [2.75, 3.05) is 36.9 Å². The number of nitrogens with zero attached hydrogens (tertiary/aromatic N) is 7. The van der Waals surface area contributed by atoms with Gasteiger partial charge in [0.15, 0.2) is 5.82 Å². The molecule has 4 aliphatic rings. The Balaban J connectivity index is 1.18. The number of amides is 1. The Morgan fingerprint density at radius 2 is 1.67 bits per heavy atom. The van der Waals surface area contributed by atoms with Crippen molar-refractivity contribution < 1.29 is 9.53 Å². The molecule has 3 aromatic heterocycles. The summed E-state index contributed by atoms with van der Waals surface area (Å²) < 4.78 is 9.65. The lowest BCUT2D eigenvalue weighted by Crippen LogP contribution is -2.61. The van der Waals surface area contributed by atoms with E-state index in [9.17, 15) is 4.79 Å². The molecule has 2 aliphatic carbocycles. The van der Waals surface area contributed by atoms with Gasteiger partial charge < -0.3 is 20.3 Å². The quantitative estimate of drug-likeness (QED) is 0.368. The Kier molecular flexibility index (Phi) is 6.20. The van der Waals surface area contributed by atoms with Gasteiger partial charge in [0.25, 0.3) is 0 Å². The minimum Gasteiger partial charge on any atom is -0.382 e. The molecule has 4 aromatic rings. The third-order valence-electron chi connectivity index (χ3n) is 9.80. The average molecular weight is 567 g/mol. The van der Waals surface area contributed by atoms with Gasteiger partial charge in [0.05, 0.1) is 29.5 Å². The maximum absolute atomic E-state index is 12.8. The molecule has 2 aliphatic heterocycles. The van der Waals surface area contributed by atoms with Gasteiger partial charge in [-0.05, 0) is 74.6 Å². The molecule has 2 saturated heterocycles. The molecule has 0 bridgehead atoms. The smallest absolute Gasteiger partial charge is 0.220 e. The highest BCUT2D eigenvalue weighted by Gasteiger charge is 2.48. The summed E-state index contributed by atoms with van der Waals surface area (Å²) in [5.41, 5.74) is 12.5. The van der Waals surface area contributed by atoms with Crippen molar-refractivity contribution >= 4 is 22.9 Å². The molecular weight excluding hydrogens is 528 g/mol. The Hall–Kier alpha value is -3.92. The van der Waals surface area contributed by atoms with E-state index in [0.717, 1.165) is 67.2 Å². The van der Waals surface area contributed by atoms with Gasteiger partial charge in [0, 0.05) is 56.2 Å². The van der Waals surface area contributed by atoms with Crippen molar-refractivity contribution in [1.82, 2.24) is 29.3 Å². The van der Waals surface area contributed by atoms with Crippen molar-refractivity contribution in [2.45, 2.75) is 63.6 Å². The number of aromatic nitrogens is 5. The van der Waals surface area contributed by atoms with Gasteiger partial charge in [-0.3, -0.25) is 9.48 Å². The summed E-state index contributed by atoms with van der Waals surface area (Å²) in [5, 5.41) is 9.38. The van der Waals surface area contributed by atoms with E-state index < -0.39 is 0 Å². The number of rotatable bonds is 6. The minimum atomic E-state index is 0.238. The van der Waals surface area contributed by atoms with Crippen LogP contribution in [0.1, 0.15) is 51.5 Å². The lowest BCUT2D eigenvalue weighted by Gasteiger charge is -2.48. The average Bonchev–Trinajstić information content (AvgIpc) is 3.95. The molecule has 2 unspecified atom stereocenters. The number of anilines is 2. The third kappa shape index (κ3) is 4.43. The zero-order valence-electron chi connectivity index (χ0n) is 24.1. The third-order valence-corrected chi connectivity index (χ3v) is 9.80. The minimum absolute atomic E-state index is 0.238. The molecule has 1 aromatic carbocycles. The van der Waals surface area contributed by atoms with Crippen LogP contribution in [0.4, 0.5) is 11.5 Å². The number of nitrogen functional groups attached to an aromatic ring is 1. The number of benzene rings is 1. The van der Waals surface area contributed by atoms with Crippen molar-refractivity contribution in [2.24, 2.45) is 11.8 Å². The van der Waals surface area contributed by atoms with Crippen LogP contribution >= 0.6 is 0 Å². The molecule has 2 atom stereocenters. The molecule has 0 radical (unpaired) electrons. The van der Waals surface area contributed by atoms with E-state index >= 15 is 0 Å². The van der Waals surface area contributed by atoms with E-state index in [2.05, 4.69) is 61.0 Å². The zero-order valence-corrected chi connectivity index (χ0v) is 24.1. The van der Waals surface area contributed by atoms with Gasteiger partial charge in [0.2, 0.25) is 5.91 Å². The Morgan fingerprint density at radius 1 is 0.929 bits per heavy atom. The summed E-state index contributed by atoms with van der Waals surface area (Å²) >= 11 is 0. The maximum Gasteiger partial charge on any atom is 0.220 e. The number of carbonyl (C=O) groups excluding carboxylic acids is 1. The Labute approximate surface area is 245 Å². The summed E-state index contributed by atoms with van der Waals surface area (Å²) in [5.74, 6) is 1.93. The van der Waals surface area contributed by atoms with Crippen LogP contribution in [0.2, 0.25) is 0 Å². The van der Waals surface area contributed by atoms with Gasteiger partial charge in [-0.15, -0.1) is 0 Å². The summed E-state index contributed by atoms with van der Waals surface area (Å²) in [6.45, 7) is 5.02. The predicted molar refractivity (Wildman–Crippen MR) is 161 cm³/mol. The van der Waals surface area contributed by atoms with Crippen LogP contribution in [0.25, 0.3) is 28.0 Å². The van der Waals surface area contributed by atoms with Gasteiger partial charge in [0.1, 0.15) is 11.8 Å². The van der Waals surface area contributed by atoms with Crippen LogP contribution in [0.3, 0.4) is 0 Å². The molecule has 2 N–H and O–H groups in total. The van der Waals surface area contributed by atoms with Crippen LogP contribution in [-0.4, -0.2) is 73.6 Å². The number of fused-ring (bicyclic) bond motifs is 1. The Morgan fingerprint density at radius 3 is 2.36 bits per heavy atom. The second kappa shape index (κ2) is 10.1. The molecule has 0 spiro atoms. The van der Waals surface area contributed by atoms with Crippen molar-refractivity contribution in [1.29, 1.82) is 0 Å². The van der Waals surface area contributed by atoms with E-state index in [0.29, 0.717) is 29.7 Å². The zero-order chi connectivity index (χ0) is 28.4. The molecule has 2 saturated carbocycles. The predicted octanol–water partition coefficient (Wildman–Crippen LogP) is 4.42. The molecule has 218 valence electrons. The topological polar surface area (TPSA) is 107 Å². The monoisotopic (exact) mass is 566 g/mol. The van der Waals surface area contributed by atoms with Crippen LogP contribution in [0.15, 0.2) is 48.9 Å². The summed E-state index contributed by atoms with van der Waals surface area (Å²) in [6.07, 6.45) is 10.2. The largest absolute Gasteiger partial charge is 0.382 e. The van der Waals surface area contributed by atoms with Crippen molar-refractivity contribution in [3.8, 4) is 22.5 Å². The summed E-state index contributed by atoms with van der Waals surface area (Å²) in [7, 11) is 0. The van der Waals surface area contributed by atoms with E-state index in [1.54, 1.807) is 6.92 Å². The first-order valence-electron chi connectivity index (χ1n) is 15.4. The van der Waals surface area contributed by atoms with Crippen LogP contribution in [-0.2, 0) is 9.53 Å². The van der Waals surface area contributed by atoms with Crippen LogP contribution in [0.5, 0.6) is 0 Å². The van der Waals surface area contributed by atoms with Gasteiger partial charge in [-0.2, -0.15) is 10.2 Å². The number of ether oxygens (including phenoxy) is 1. The van der Waals surface area contributed by atoms with Gasteiger partial charge >= 0.3 is 0 Å². The number of hydrogen-bond donors (Lipinski definition) is 1. The SMILES string of the molecule is CC(=O)N1C(C2CC2)CN(c2cccc(-c3cc(-c4ccnn4C4CCOCC4)c4c(N)ncnn34)c2)CC1C1CC1. The van der Waals surface area contributed by atoms with E-state index in [1.165, 1.54) is 37.7 Å². The van der Waals surface area contributed by atoms with Gasteiger partial charge in [-0.25, -0.2) is 9.50 Å². The lowest BCUT2D eigenvalue weighted by molar-refractivity contribution is -0.135. The van der Waals surface area contributed by atoms with Crippen molar-refractivity contribution in [3.05, 3.63) is 48.9 Å². The van der Waals surface area contributed by atoms with Crippen LogP contribution in [0, 0.1) is 11.8 Å². The first-order valence-corrected chi connectivity index (χ1v) is 15.4. The molecule has 10 nitrogen and oxygen atoms in total. The summed E-state index contributed by atoms with van der Waals surface area (Å²) in [4.78, 5) is 21.9. The first-order chi connectivity index (χ1) is 20.6. The second-order valence-electron chi connectivity index (χ2n) is 12.5. The second-order valence-corrected chi connectivity index (χ2v) is 12.5. The number of nitrogens with two attached hydrogens (primary N) is 1. The normalized spacial score (nSPS) is 23.5. The van der Waals surface area contributed by atoms with Gasteiger partial charge in [-0.1, -0.05) is 12.1 Å². The molecular formula is C32H38N8O2. The Bertz CT molecular complexity index is 1610. The summed E-state index contributed by atoms with van der Waals surface area (Å²) in [6, 6.07) is 13.9. The van der Waals surface area contributed by atoms with E-state index in [-0.39, 0.29) is 11.9 Å². The molecule has 5 heterocycles. The molecule has 4 fully saturated rings. The fourth-order valence-electron chi connectivity index (χ4n) is 7.42. The molecule has 8 rings (SSSR count). The number of hydrogen-bond acceptors (Lipinski definition) is 7. The highest BCUT2D eigenvalue weighted by molar-refractivity contribution is 5.91. The standard InChI is InChI=1S/C32H38N8O2/c1-20(41)38-29(21-5-6-21)17-37(18-30(38)22-7-8-22)25-4-2-3-23(15-25)28-16-26(31-32(33)34-19-36-40(28)31)27-9-12-35-39(27)24-10-13-42-14-11-24/h2-4,9,12,15-16,19,21-22,24,29-30H,5-8,10-11,13-14,17-18H2,1H3,(H2,33,34,36). The maximum atomic E-state index is 12.8. The lowest BCUT2D eigenvalue weighted by atomic mass is 9.97. The highest BCUT2D eigenvalue weighted by Crippen LogP contribution is 2.45. The molecule has 1 amide bonds. The molecule has 10 heteroatoms. The van der Waals surface area contributed by atoms with E-state index in [1.807, 2.05) is 10.7 Å². The van der Waals surface area contributed by atoms with Crippen molar-refractivity contribution in [3.63, 3.8) is 0 Å². The number of piperazine rings is 1. The fourth-order valence-corrected chi connectivity index (χ4v) is 7.42. The van der Waals surface area contributed by atoms with E-state index in [4.69, 9.17) is 15.6 Å². The first kappa shape index (κ1) is 25.8. The molecule has 42 heavy (non-hydrogen) atoms.